The maximum absolute atomic E-state index is 12.5. The molecule has 2 aromatic carbocycles. The van der Waals surface area contributed by atoms with E-state index < -0.39 is 0 Å². The molecule has 3 aromatic rings. The number of nitrogens with zero attached hydrogens (tertiary/aromatic N) is 1. The number of pyridine rings is 1. The molecule has 25 heavy (non-hydrogen) atoms. The molecule has 0 atom stereocenters. The molecule has 3 rings (SSSR count). The van der Waals surface area contributed by atoms with Crippen LogP contribution in [0.3, 0.4) is 0 Å². The van der Waals surface area contributed by atoms with E-state index in [0.717, 1.165) is 22.6 Å². The number of carbonyl (C=O) groups excluding carboxylic acids is 1. The fourth-order valence-electron chi connectivity index (χ4n) is 2.45. The Morgan fingerprint density at radius 3 is 2.24 bits per heavy atom. The number of hydrogen-bond donors (Lipinski definition) is 2. The van der Waals surface area contributed by atoms with Crippen molar-refractivity contribution in [2.75, 3.05) is 10.6 Å². The van der Waals surface area contributed by atoms with Crippen molar-refractivity contribution in [1.29, 1.82) is 0 Å². The second-order valence-electron chi connectivity index (χ2n) is 6.17. The third-order valence-corrected chi connectivity index (χ3v) is 4.10. The van der Waals surface area contributed by atoms with Crippen molar-refractivity contribution in [2.24, 2.45) is 0 Å². The molecule has 0 saturated heterocycles. The second kappa shape index (κ2) is 7.18. The van der Waals surface area contributed by atoms with E-state index in [4.69, 9.17) is 0 Å². The first-order valence-electron chi connectivity index (χ1n) is 8.19. The lowest BCUT2D eigenvalue weighted by atomic mass is 10.1. The molecular formula is C21H21N3O. The standard InChI is InChI=1S/C21H21N3O/c1-14-4-7-17(8-5-14)23-19-10-11-22-20(13-19)21(25)24-18-9-6-15(2)16(3)12-18/h4-13H,1-3H3,(H,22,23)(H,24,25). The number of benzene rings is 2. The topological polar surface area (TPSA) is 54.0 Å². The van der Waals surface area contributed by atoms with Crippen molar-refractivity contribution in [1.82, 2.24) is 4.98 Å². The van der Waals surface area contributed by atoms with E-state index in [1.807, 2.05) is 69.3 Å². The largest absolute Gasteiger partial charge is 0.355 e. The molecule has 0 saturated carbocycles. The van der Waals surface area contributed by atoms with E-state index >= 15 is 0 Å². The average Bonchev–Trinajstić information content (AvgIpc) is 2.60. The highest BCUT2D eigenvalue weighted by Crippen LogP contribution is 2.19. The smallest absolute Gasteiger partial charge is 0.274 e. The number of nitrogens with one attached hydrogen (secondary N) is 2. The SMILES string of the molecule is Cc1ccc(Nc2ccnc(C(=O)Nc3ccc(C)c(C)c3)c2)cc1. The van der Waals surface area contributed by atoms with Gasteiger partial charge in [0.05, 0.1) is 0 Å². The molecule has 1 amide bonds. The Labute approximate surface area is 147 Å². The van der Waals surface area contributed by atoms with Crippen LogP contribution >= 0.6 is 0 Å². The van der Waals surface area contributed by atoms with E-state index in [1.54, 1.807) is 12.3 Å². The van der Waals surface area contributed by atoms with Crippen LogP contribution in [0, 0.1) is 20.8 Å². The van der Waals surface area contributed by atoms with E-state index in [2.05, 4.69) is 15.6 Å². The van der Waals surface area contributed by atoms with Crippen molar-refractivity contribution < 1.29 is 4.79 Å². The Bertz CT molecular complexity index is 901. The van der Waals surface area contributed by atoms with Gasteiger partial charge >= 0.3 is 0 Å². The lowest BCUT2D eigenvalue weighted by Gasteiger charge is -2.10. The van der Waals surface area contributed by atoms with Gasteiger partial charge in [0.25, 0.3) is 5.91 Å². The number of carbonyl (C=O) groups is 1. The summed E-state index contributed by atoms with van der Waals surface area (Å²) in [6.07, 6.45) is 1.63. The van der Waals surface area contributed by atoms with Crippen LogP contribution in [0.1, 0.15) is 27.2 Å². The molecule has 0 spiro atoms. The maximum atomic E-state index is 12.5. The summed E-state index contributed by atoms with van der Waals surface area (Å²) >= 11 is 0. The van der Waals surface area contributed by atoms with Crippen LogP contribution in [0.4, 0.5) is 17.1 Å². The van der Waals surface area contributed by atoms with E-state index in [1.165, 1.54) is 11.1 Å². The summed E-state index contributed by atoms with van der Waals surface area (Å²) in [4.78, 5) is 16.6. The van der Waals surface area contributed by atoms with Crippen molar-refractivity contribution in [3.05, 3.63) is 83.2 Å². The summed E-state index contributed by atoms with van der Waals surface area (Å²) in [5, 5.41) is 6.18. The zero-order chi connectivity index (χ0) is 17.8. The number of hydrogen-bond acceptors (Lipinski definition) is 3. The van der Waals surface area contributed by atoms with Gasteiger partial charge in [-0.3, -0.25) is 9.78 Å². The molecule has 0 fully saturated rings. The third-order valence-electron chi connectivity index (χ3n) is 4.10. The molecular weight excluding hydrogens is 310 g/mol. The Morgan fingerprint density at radius 2 is 1.52 bits per heavy atom. The highest BCUT2D eigenvalue weighted by Gasteiger charge is 2.09. The minimum atomic E-state index is -0.226. The number of anilines is 3. The predicted molar refractivity (Wildman–Crippen MR) is 103 cm³/mol. The Balaban J connectivity index is 1.74. The first-order chi connectivity index (χ1) is 12.0. The summed E-state index contributed by atoms with van der Waals surface area (Å²) in [5.74, 6) is -0.226. The molecule has 0 aliphatic rings. The summed E-state index contributed by atoms with van der Waals surface area (Å²) in [6.45, 7) is 6.11. The predicted octanol–water partition coefficient (Wildman–Crippen LogP) is 5.00. The zero-order valence-corrected chi connectivity index (χ0v) is 14.6. The van der Waals surface area contributed by atoms with Crippen LogP contribution in [0.5, 0.6) is 0 Å². The van der Waals surface area contributed by atoms with Gasteiger partial charge in [0.15, 0.2) is 0 Å². The van der Waals surface area contributed by atoms with Gasteiger partial charge in [-0.2, -0.15) is 0 Å². The molecule has 0 aliphatic heterocycles. The molecule has 2 N–H and O–H groups in total. The van der Waals surface area contributed by atoms with Crippen molar-refractivity contribution in [2.45, 2.75) is 20.8 Å². The van der Waals surface area contributed by atoms with Crippen LogP contribution < -0.4 is 10.6 Å². The minimum Gasteiger partial charge on any atom is -0.355 e. The van der Waals surface area contributed by atoms with Crippen LogP contribution in [0.15, 0.2) is 60.8 Å². The van der Waals surface area contributed by atoms with Gasteiger partial charge in [0, 0.05) is 23.3 Å². The monoisotopic (exact) mass is 331 g/mol. The fourth-order valence-corrected chi connectivity index (χ4v) is 2.45. The number of amides is 1. The molecule has 0 aliphatic carbocycles. The van der Waals surface area contributed by atoms with Crippen LogP contribution in [-0.4, -0.2) is 10.9 Å². The summed E-state index contributed by atoms with van der Waals surface area (Å²) in [6, 6.07) is 17.5. The molecule has 1 heterocycles. The Hall–Kier alpha value is -3.14. The van der Waals surface area contributed by atoms with Crippen LogP contribution in [0.2, 0.25) is 0 Å². The quantitative estimate of drug-likeness (QED) is 0.707. The van der Waals surface area contributed by atoms with E-state index in [-0.39, 0.29) is 5.91 Å². The van der Waals surface area contributed by atoms with Gasteiger partial charge in [0.2, 0.25) is 0 Å². The van der Waals surface area contributed by atoms with E-state index in [0.29, 0.717) is 5.69 Å². The molecule has 4 heteroatoms. The van der Waals surface area contributed by atoms with Crippen LogP contribution in [-0.2, 0) is 0 Å². The molecule has 0 unspecified atom stereocenters. The molecule has 0 bridgehead atoms. The normalized spacial score (nSPS) is 10.4. The lowest BCUT2D eigenvalue weighted by molar-refractivity contribution is 0.102. The Kier molecular flexibility index (Phi) is 4.80. The van der Waals surface area contributed by atoms with E-state index in [9.17, 15) is 4.79 Å². The fraction of sp³-hybridized carbons (Fsp3) is 0.143. The minimum absolute atomic E-state index is 0.226. The van der Waals surface area contributed by atoms with Crippen LogP contribution in [0.25, 0.3) is 0 Å². The lowest BCUT2D eigenvalue weighted by Crippen LogP contribution is -2.14. The van der Waals surface area contributed by atoms with Gasteiger partial charge in [-0.1, -0.05) is 23.8 Å². The molecule has 1 aromatic heterocycles. The first kappa shape index (κ1) is 16.7. The average molecular weight is 331 g/mol. The van der Waals surface area contributed by atoms with Gasteiger partial charge in [-0.25, -0.2) is 0 Å². The summed E-state index contributed by atoms with van der Waals surface area (Å²) < 4.78 is 0. The zero-order valence-electron chi connectivity index (χ0n) is 14.6. The van der Waals surface area contributed by atoms with Gasteiger partial charge in [0.1, 0.15) is 5.69 Å². The van der Waals surface area contributed by atoms with Crippen molar-refractivity contribution in [3.8, 4) is 0 Å². The number of aryl methyl sites for hydroxylation is 3. The number of rotatable bonds is 4. The molecule has 0 radical (unpaired) electrons. The second-order valence-corrected chi connectivity index (χ2v) is 6.17. The van der Waals surface area contributed by atoms with Gasteiger partial charge in [-0.05, 0) is 68.3 Å². The first-order valence-corrected chi connectivity index (χ1v) is 8.19. The Morgan fingerprint density at radius 1 is 0.800 bits per heavy atom. The summed E-state index contributed by atoms with van der Waals surface area (Å²) in [5.41, 5.74) is 6.47. The van der Waals surface area contributed by atoms with Gasteiger partial charge < -0.3 is 10.6 Å². The highest BCUT2D eigenvalue weighted by atomic mass is 16.1. The van der Waals surface area contributed by atoms with Gasteiger partial charge in [-0.15, -0.1) is 0 Å². The highest BCUT2D eigenvalue weighted by molar-refractivity contribution is 6.03. The van der Waals surface area contributed by atoms with Crippen molar-refractivity contribution in [3.63, 3.8) is 0 Å². The number of aromatic nitrogens is 1. The summed E-state index contributed by atoms with van der Waals surface area (Å²) in [7, 11) is 0. The maximum Gasteiger partial charge on any atom is 0.274 e. The molecule has 126 valence electrons. The molecule has 4 nitrogen and oxygen atoms in total. The third kappa shape index (κ3) is 4.23. The van der Waals surface area contributed by atoms with Crippen molar-refractivity contribution >= 4 is 23.0 Å².